The molecule has 0 bridgehead atoms. The number of halogens is 1. The van der Waals surface area contributed by atoms with Crippen LogP contribution in [0.4, 0.5) is 9.52 Å². The number of fused-ring (bicyclic) bond motifs is 1. The summed E-state index contributed by atoms with van der Waals surface area (Å²) in [5.74, 6) is 0.506. The number of nitrogen functional groups attached to an aromatic ring is 1. The van der Waals surface area contributed by atoms with Gasteiger partial charge in [0, 0.05) is 18.7 Å². The molecule has 0 saturated heterocycles. The first-order valence-corrected chi connectivity index (χ1v) is 10.7. The number of primary amides is 1. The maximum atomic E-state index is 15.4. The molecule has 0 fully saturated rings. The molecule has 2 aromatic heterocycles. The van der Waals surface area contributed by atoms with E-state index < -0.39 is 17.8 Å². The molecule has 0 spiro atoms. The van der Waals surface area contributed by atoms with Crippen LogP contribution in [0.1, 0.15) is 19.8 Å². The molecule has 0 radical (unpaired) electrons. The SMILES string of the molecule is C[C@H](Oc1cc2c3c(c1)nc(-c1ccc4nc(N)sc4c1F)n3CCCCO2)C(N)=O. The van der Waals surface area contributed by atoms with E-state index in [1.807, 2.05) is 4.57 Å². The predicted octanol–water partition coefficient (Wildman–Crippen LogP) is 3.46. The lowest BCUT2D eigenvalue weighted by atomic mass is 10.1. The molecule has 0 unspecified atom stereocenters. The Morgan fingerprint density at radius 1 is 1.29 bits per heavy atom. The Morgan fingerprint density at radius 3 is 2.94 bits per heavy atom. The topological polar surface area (TPSA) is 118 Å². The third-order valence-electron chi connectivity index (χ3n) is 5.28. The van der Waals surface area contributed by atoms with E-state index in [4.69, 9.17) is 25.9 Å². The molecule has 8 nitrogen and oxygen atoms in total. The fourth-order valence-electron chi connectivity index (χ4n) is 3.77. The van der Waals surface area contributed by atoms with Crippen molar-refractivity contribution >= 4 is 43.6 Å². The molecule has 2 aromatic carbocycles. The first kappa shape index (κ1) is 19.6. The van der Waals surface area contributed by atoms with Gasteiger partial charge in [0.05, 0.1) is 27.9 Å². The van der Waals surface area contributed by atoms with E-state index >= 15 is 4.39 Å². The molecule has 3 heterocycles. The summed E-state index contributed by atoms with van der Waals surface area (Å²) in [6.45, 7) is 2.79. The van der Waals surface area contributed by atoms with Crippen molar-refractivity contribution in [3.8, 4) is 22.9 Å². The first-order chi connectivity index (χ1) is 14.9. The van der Waals surface area contributed by atoms with E-state index in [2.05, 4.69) is 4.98 Å². The van der Waals surface area contributed by atoms with Gasteiger partial charge >= 0.3 is 0 Å². The summed E-state index contributed by atoms with van der Waals surface area (Å²) in [4.78, 5) is 20.3. The lowest BCUT2D eigenvalue weighted by Gasteiger charge is -2.18. The number of carbonyl (C=O) groups is 1. The summed E-state index contributed by atoms with van der Waals surface area (Å²) >= 11 is 1.11. The number of nitrogens with zero attached hydrogens (tertiary/aromatic N) is 3. The van der Waals surface area contributed by atoms with E-state index in [0.29, 0.717) is 56.9 Å². The second-order valence-electron chi connectivity index (χ2n) is 7.42. The number of anilines is 1. The van der Waals surface area contributed by atoms with Gasteiger partial charge in [0.15, 0.2) is 17.1 Å². The molecular weight excluding hydrogens is 421 g/mol. The van der Waals surface area contributed by atoms with Gasteiger partial charge in [0.2, 0.25) is 0 Å². The zero-order chi connectivity index (χ0) is 21.7. The van der Waals surface area contributed by atoms with E-state index in [-0.39, 0.29) is 0 Å². The van der Waals surface area contributed by atoms with Crippen molar-refractivity contribution in [2.75, 3.05) is 12.3 Å². The number of thiazole rings is 1. The first-order valence-electron chi connectivity index (χ1n) is 9.90. The Bertz CT molecular complexity index is 1330. The lowest BCUT2D eigenvalue weighted by molar-refractivity contribution is -0.123. The molecule has 0 aliphatic carbocycles. The number of aryl methyl sites for hydroxylation is 1. The van der Waals surface area contributed by atoms with Crippen LogP contribution in [0.15, 0.2) is 24.3 Å². The largest absolute Gasteiger partial charge is 0.491 e. The van der Waals surface area contributed by atoms with Crippen molar-refractivity contribution in [3.63, 3.8) is 0 Å². The molecule has 0 saturated carbocycles. The molecule has 4 aromatic rings. The minimum Gasteiger partial charge on any atom is -0.491 e. The molecule has 10 heteroatoms. The Balaban J connectivity index is 1.72. The number of carbonyl (C=O) groups excluding carboxylic acids is 1. The number of nitrogens with two attached hydrogens (primary N) is 2. The smallest absolute Gasteiger partial charge is 0.258 e. The number of benzene rings is 2. The summed E-state index contributed by atoms with van der Waals surface area (Å²) in [6, 6.07) is 6.85. The van der Waals surface area contributed by atoms with E-state index in [9.17, 15) is 4.79 Å². The summed E-state index contributed by atoms with van der Waals surface area (Å²) in [5, 5.41) is 0.315. The Morgan fingerprint density at radius 2 is 2.13 bits per heavy atom. The monoisotopic (exact) mass is 441 g/mol. The number of ether oxygens (including phenoxy) is 2. The second-order valence-corrected chi connectivity index (χ2v) is 8.45. The van der Waals surface area contributed by atoms with Crippen molar-refractivity contribution in [3.05, 3.63) is 30.1 Å². The van der Waals surface area contributed by atoms with Crippen LogP contribution < -0.4 is 20.9 Å². The highest BCUT2D eigenvalue weighted by molar-refractivity contribution is 7.22. The number of aromatic nitrogens is 3. The standard InChI is InChI=1S/C21H20FN5O3S/c1-10(19(23)28)30-11-8-14-17-15(9-11)29-7-3-2-6-27(17)20(25-14)12-4-5-13-18(16(12)22)31-21(24)26-13/h4-5,8-10H,2-3,6-7H2,1H3,(H2,23,28)(H2,24,26)/t10-/m0/s1. The van der Waals surface area contributed by atoms with E-state index in [0.717, 1.165) is 29.7 Å². The Labute approximate surface area is 180 Å². The van der Waals surface area contributed by atoms with Gasteiger partial charge in [-0.15, -0.1) is 0 Å². The van der Waals surface area contributed by atoms with Crippen molar-refractivity contribution in [2.24, 2.45) is 5.73 Å². The normalized spacial score (nSPS) is 14.8. The van der Waals surface area contributed by atoms with Gasteiger partial charge in [-0.3, -0.25) is 4.79 Å². The van der Waals surface area contributed by atoms with E-state index in [1.165, 1.54) is 0 Å². The van der Waals surface area contributed by atoms with Gasteiger partial charge in [0.1, 0.15) is 22.8 Å². The number of hydrogen-bond donors (Lipinski definition) is 2. The molecule has 1 aliphatic heterocycles. The van der Waals surface area contributed by atoms with Gasteiger partial charge in [0.25, 0.3) is 5.91 Å². The fraction of sp³-hybridized carbons (Fsp3) is 0.286. The van der Waals surface area contributed by atoms with Gasteiger partial charge in [-0.05, 0) is 31.9 Å². The maximum absolute atomic E-state index is 15.4. The number of rotatable bonds is 4. The highest BCUT2D eigenvalue weighted by Crippen LogP contribution is 2.39. The van der Waals surface area contributed by atoms with Crippen LogP contribution in [-0.4, -0.2) is 33.2 Å². The number of amides is 1. The summed E-state index contributed by atoms with van der Waals surface area (Å²) in [7, 11) is 0. The molecule has 5 rings (SSSR count). The summed E-state index contributed by atoms with van der Waals surface area (Å²) < 4.78 is 29.4. The van der Waals surface area contributed by atoms with Gasteiger partial charge < -0.3 is 25.5 Å². The van der Waals surface area contributed by atoms with Crippen LogP contribution in [0.25, 0.3) is 32.6 Å². The van der Waals surface area contributed by atoms with Crippen LogP contribution in [0.5, 0.6) is 11.5 Å². The van der Waals surface area contributed by atoms with Crippen LogP contribution in [-0.2, 0) is 11.3 Å². The lowest BCUT2D eigenvalue weighted by Crippen LogP contribution is -2.30. The number of hydrogen-bond acceptors (Lipinski definition) is 7. The fourth-order valence-corrected chi connectivity index (χ4v) is 4.54. The zero-order valence-electron chi connectivity index (χ0n) is 16.7. The van der Waals surface area contributed by atoms with Crippen LogP contribution >= 0.6 is 11.3 Å². The minimum absolute atomic E-state index is 0.315. The highest BCUT2D eigenvalue weighted by Gasteiger charge is 2.24. The van der Waals surface area contributed by atoms with Crippen molar-refractivity contribution in [2.45, 2.75) is 32.4 Å². The third kappa shape index (κ3) is 3.32. The minimum atomic E-state index is -0.809. The molecule has 160 valence electrons. The molecule has 31 heavy (non-hydrogen) atoms. The third-order valence-corrected chi connectivity index (χ3v) is 6.17. The quantitative estimate of drug-likeness (QED) is 0.501. The second kappa shape index (κ2) is 7.38. The number of imidazole rings is 1. The molecule has 4 N–H and O–H groups in total. The Kier molecular flexibility index (Phi) is 4.66. The van der Waals surface area contributed by atoms with Crippen LogP contribution in [0.2, 0.25) is 0 Å². The molecule has 1 atom stereocenters. The predicted molar refractivity (Wildman–Crippen MR) is 117 cm³/mol. The van der Waals surface area contributed by atoms with Gasteiger partial charge in [-0.25, -0.2) is 14.4 Å². The van der Waals surface area contributed by atoms with Crippen molar-refractivity contribution in [1.82, 2.24) is 14.5 Å². The summed E-state index contributed by atoms with van der Waals surface area (Å²) in [6.07, 6.45) is 0.900. The van der Waals surface area contributed by atoms with E-state index in [1.54, 1.807) is 31.2 Å². The average molecular weight is 441 g/mol. The molecule has 1 amide bonds. The molecular formula is C21H20FN5O3S. The highest BCUT2D eigenvalue weighted by atomic mass is 32.1. The van der Waals surface area contributed by atoms with Gasteiger partial charge in [-0.1, -0.05) is 11.3 Å². The van der Waals surface area contributed by atoms with Crippen molar-refractivity contribution < 1.29 is 18.7 Å². The Hall–Kier alpha value is -3.40. The maximum Gasteiger partial charge on any atom is 0.258 e. The van der Waals surface area contributed by atoms with Crippen molar-refractivity contribution in [1.29, 1.82) is 0 Å². The van der Waals surface area contributed by atoms with Crippen LogP contribution in [0.3, 0.4) is 0 Å². The summed E-state index contributed by atoms with van der Waals surface area (Å²) in [5.41, 5.74) is 13.3. The average Bonchev–Trinajstić information content (AvgIpc) is 3.26. The van der Waals surface area contributed by atoms with Crippen LogP contribution in [0, 0.1) is 5.82 Å². The van der Waals surface area contributed by atoms with Gasteiger partial charge in [-0.2, -0.15) is 0 Å². The zero-order valence-corrected chi connectivity index (χ0v) is 17.5. The molecule has 1 aliphatic rings.